The van der Waals surface area contributed by atoms with E-state index in [1.54, 1.807) is 36.3 Å². The Balaban J connectivity index is 1.40. The maximum Gasteiger partial charge on any atom is 0.233 e. The third-order valence-electron chi connectivity index (χ3n) is 6.98. The minimum Gasteiger partial charge on any atom is -0.497 e. The number of aliphatic hydroxyl groups excluding tert-OH is 1. The molecule has 0 aliphatic carbocycles. The molecule has 188 valence electrons. The fourth-order valence-corrected chi connectivity index (χ4v) is 4.97. The van der Waals surface area contributed by atoms with E-state index in [9.17, 15) is 18.7 Å². The second kappa shape index (κ2) is 10.5. The summed E-state index contributed by atoms with van der Waals surface area (Å²) in [6.45, 7) is 0. The fourth-order valence-electron chi connectivity index (χ4n) is 4.97. The van der Waals surface area contributed by atoms with Crippen LogP contribution in [-0.4, -0.2) is 18.1 Å². The number of ether oxygens (including phenoxy) is 1. The Bertz CT molecular complexity index is 1370. The Hall–Kier alpha value is -4.03. The molecule has 4 nitrogen and oxygen atoms in total. The van der Waals surface area contributed by atoms with Gasteiger partial charge in [0.05, 0.1) is 25.2 Å². The van der Waals surface area contributed by atoms with Crippen LogP contribution in [0.4, 0.5) is 14.5 Å². The summed E-state index contributed by atoms with van der Waals surface area (Å²) in [4.78, 5) is 15.0. The van der Waals surface area contributed by atoms with Crippen molar-refractivity contribution in [3.63, 3.8) is 0 Å². The van der Waals surface area contributed by atoms with Crippen LogP contribution in [0.2, 0.25) is 0 Å². The van der Waals surface area contributed by atoms with Crippen molar-refractivity contribution in [2.45, 2.75) is 25.0 Å². The summed E-state index contributed by atoms with van der Waals surface area (Å²) in [5.41, 5.74) is 4.23. The standard InChI is InChI=1S/C31H27F2NO3/c1-37-27-4-2-3-23(19-27)20-5-7-22(8-6-20)30-28(17-18-29(35)21-9-11-24(32)12-10-21)31(36)34(30)26-15-13-25(33)14-16-26/h2-16,19,28-30,35H,17-18H2,1H3/t28?,29-,30+/m0/s1. The Morgan fingerprint density at radius 1 is 0.865 bits per heavy atom. The Morgan fingerprint density at radius 2 is 1.51 bits per heavy atom. The number of aliphatic hydroxyl groups is 1. The highest BCUT2D eigenvalue weighted by Crippen LogP contribution is 2.46. The van der Waals surface area contributed by atoms with Crippen LogP contribution in [0.25, 0.3) is 11.1 Å². The molecule has 1 N–H and O–H groups in total. The van der Waals surface area contributed by atoms with Crippen molar-refractivity contribution in [3.05, 3.63) is 120 Å². The highest BCUT2D eigenvalue weighted by molar-refractivity contribution is 6.03. The first kappa shape index (κ1) is 24.7. The van der Waals surface area contributed by atoms with Gasteiger partial charge in [-0.1, -0.05) is 48.5 Å². The third kappa shape index (κ3) is 5.11. The smallest absolute Gasteiger partial charge is 0.233 e. The molecule has 1 saturated heterocycles. The number of halogens is 2. The number of carbonyl (C=O) groups excluding carboxylic acids is 1. The molecule has 3 atom stereocenters. The molecule has 1 aliphatic heterocycles. The van der Waals surface area contributed by atoms with E-state index in [-0.39, 0.29) is 29.5 Å². The van der Waals surface area contributed by atoms with Gasteiger partial charge in [-0.05, 0) is 83.6 Å². The molecule has 0 saturated carbocycles. The van der Waals surface area contributed by atoms with E-state index in [1.165, 1.54) is 24.3 Å². The molecule has 37 heavy (non-hydrogen) atoms. The molecule has 0 spiro atoms. The van der Waals surface area contributed by atoms with Crippen LogP contribution in [0, 0.1) is 17.6 Å². The van der Waals surface area contributed by atoms with Gasteiger partial charge in [-0.3, -0.25) is 4.79 Å². The molecule has 0 bridgehead atoms. The van der Waals surface area contributed by atoms with Crippen molar-refractivity contribution in [1.29, 1.82) is 0 Å². The molecular formula is C31H27F2NO3. The van der Waals surface area contributed by atoms with Crippen LogP contribution < -0.4 is 9.64 Å². The van der Waals surface area contributed by atoms with Crippen LogP contribution >= 0.6 is 0 Å². The quantitative estimate of drug-likeness (QED) is 0.270. The van der Waals surface area contributed by atoms with Gasteiger partial charge < -0.3 is 14.7 Å². The molecule has 1 amide bonds. The van der Waals surface area contributed by atoms with Gasteiger partial charge in [0.2, 0.25) is 5.91 Å². The van der Waals surface area contributed by atoms with Crippen molar-refractivity contribution >= 4 is 11.6 Å². The average molecular weight is 500 g/mol. The SMILES string of the molecule is COc1cccc(-c2ccc([C@@H]3C(CC[C@H](O)c4ccc(F)cc4)C(=O)N3c3ccc(F)cc3)cc2)c1. The largest absolute Gasteiger partial charge is 0.497 e. The Labute approximate surface area is 214 Å². The van der Waals surface area contributed by atoms with Gasteiger partial charge in [-0.2, -0.15) is 0 Å². The predicted molar refractivity (Wildman–Crippen MR) is 139 cm³/mol. The van der Waals surface area contributed by atoms with E-state index in [0.717, 1.165) is 22.4 Å². The molecule has 4 aromatic rings. The van der Waals surface area contributed by atoms with Crippen molar-refractivity contribution in [2.24, 2.45) is 5.92 Å². The van der Waals surface area contributed by atoms with Gasteiger partial charge in [0.15, 0.2) is 0 Å². The van der Waals surface area contributed by atoms with E-state index < -0.39 is 6.10 Å². The number of hydrogen-bond donors (Lipinski definition) is 1. The van der Waals surface area contributed by atoms with Gasteiger partial charge in [0.1, 0.15) is 17.4 Å². The van der Waals surface area contributed by atoms with Gasteiger partial charge in [0.25, 0.3) is 0 Å². The molecule has 0 radical (unpaired) electrons. The molecular weight excluding hydrogens is 472 g/mol. The number of nitrogens with zero attached hydrogens (tertiary/aromatic N) is 1. The average Bonchev–Trinajstić information content (AvgIpc) is 2.93. The lowest BCUT2D eigenvalue weighted by molar-refractivity contribution is -0.131. The third-order valence-corrected chi connectivity index (χ3v) is 6.98. The lowest BCUT2D eigenvalue weighted by Gasteiger charge is -2.48. The van der Waals surface area contributed by atoms with Crippen LogP contribution in [0.15, 0.2) is 97.1 Å². The second-order valence-electron chi connectivity index (χ2n) is 9.23. The zero-order valence-corrected chi connectivity index (χ0v) is 20.4. The lowest BCUT2D eigenvalue weighted by Crippen LogP contribution is -2.55. The molecule has 5 rings (SSSR count). The molecule has 1 unspecified atom stereocenters. The normalized spacial score (nSPS) is 17.8. The van der Waals surface area contributed by atoms with Gasteiger partial charge in [0, 0.05) is 5.69 Å². The zero-order valence-electron chi connectivity index (χ0n) is 20.4. The summed E-state index contributed by atoms with van der Waals surface area (Å²) in [5.74, 6) is -0.372. The Morgan fingerprint density at radius 3 is 2.16 bits per heavy atom. The molecule has 0 aromatic heterocycles. The number of rotatable bonds is 8. The monoisotopic (exact) mass is 499 g/mol. The molecule has 4 aromatic carbocycles. The zero-order chi connectivity index (χ0) is 25.9. The minimum atomic E-state index is -0.802. The van der Waals surface area contributed by atoms with Crippen LogP contribution in [0.3, 0.4) is 0 Å². The van der Waals surface area contributed by atoms with E-state index in [4.69, 9.17) is 4.74 Å². The van der Waals surface area contributed by atoms with E-state index in [0.29, 0.717) is 24.1 Å². The van der Waals surface area contributed by atoms with Crippen molar-refractivity contribution < 1.29 is 23.4 Å². The van der Waals surface area contributed by atoms with Gasteiger partial charge in [-0.15, -0.1) is 0 Å². The summed E-state index contributed by atoms with van der Waals surface area (Å²) in [5, 5.41) is 10.6. The van der Waals surface area contributed by atoms with Crippen molar-refractivity contribution in [2.75, 3.05) is 12.0 Å². The maximum atomic E-state index is 13.6. The number of anilines is 1. The van der Waals surface area contributed by atoms with Gasteiger partial charge in [-0.25, -0.2) is 8.78 Å². The molecule has 1 fully saturated rings. The highest BCUT2D eigenvalue weighted by atomic mass is 19.1. The number of hydrogen-bond acceptors (Lipinski definition) is 3. The maximum absolute atomic E-state index is 13.6. The second-order valence-corrected chi connectivity index (χ2v) is 9.23. The molecule has 1 heterocycles. The minimum absolute atomic E-state index is 0.0696. The number of benzene rings is 4. The van der Waals surface area contributed by atoms with Crippen LogP contribution in [0.5, 0.6) is 5.75 Å². The fraction of sp³-hybridized carbons (Fsp3) is 0.194. The number of carbonyl (C=O) groups is 1. The number of methoxy groups -OCH3 is 1. The van der Waals surface area contributed by atoms with Crippen molar-refractivity contribution in [1.82, 2.24) is 0 Å². The van der Waals surface area contributed by atoms with E-state index in [2.05, 4.69) is 0 Å². The summed E-state index contributed by atoms with van der Waals surface area (Å²) in [6.07, 6.45) is 0.0130. The topological polar surface area (TPSA) is 49.8 Å². The van der Waals surface area contributed by atoms with Gasteiger partial charge >= 0.3 is 0 Å². The number of amides is 1. The number of β-lactam (4-membered cyclic amide) rings is 1. The summed E-state index contributed by atoms with van der Waals surface area (Å²) in [6, 6.07) is 27.2. The van der Waals surface area contributed by atoms with Crippen LogP contribution in [0.1, 0.15) is 36.1 Å². The predicted octanol–water partition coefficient (Wildman–Crippen LogP) is 6.86. The van der Waals surface area contributed by atoms with Crippen LogP contribution in [-0.2, 0) is 4.79 Å². The summed E-state index contributed by atoms with van der Waals surface area (Å²) >= 11 is 0. The Kier molecular flexibility index (Phi) is 7.01. The molecule has 1 aliphatic rings. The lowest BCUT2D eigenvalue weighted by atomic mass is 9.78. The first-order chi connectivity index (χ1) is 17.9. The first-order valence-corrected chi connectivity index (χ1v) is 12.2. The summed E-state index contributed by atoms with van der Waals surface area (Å²) in [7, 11) is 1.63. The van der Waals surface area contributed by atoms with E-state index >= 15 is 0 Å². The summed E-state index contributed by atoms with van der Waals surface area (Å²) < 4.78 is 32.2. The van der Waals surface area contributed by atoms with Crippen molar-refractivity contribution in [3.8, 4) is 16.9 Å². The first-order valence-electron chi connectivity index (χ1n) is 12.2. The highest BCUT2D eigenvalue weighted by Gasteiger charge is 2.48. The van der Waals surface area contributed by atoms with E-state index in [1.807, 2.05) is 48.5 Å². The molecule has 6 heteroatoms.